The van der Waals surface area contributed by atoms with Gasteiger partial charge in [-0.15, -0.1) is 0 Å². The maximum absolute atomic E-state index is 12.8. The molecule has 0 fully saturated rings. The second-order valence-corrected chi connectivity index (χ2v) is 10.1. The van der Waals surface area contributed by atoms with Crippen LogP contribution in [0.3, 0.4) is 0 Å². The molecular weight excluding hydrogens is 444 g/mol. The van der Waals surface area contributed by atoms with Crippen LogP contribution in [0, 0.1) is 19.8 Å². The maximum Gasteiger partial charge on any atom is 0.309 e. The summed E-state index contributed by atoms with van der Waals surface area (Å²) in [5.41, 5.74) is 9.18. The van der Waals surface area contributed by atoms with Crippen molar-refractivity contribution in [3.05, 3.63) is 83.2 Å². The first-order valence-electron chi connectivity index (χ1n) is 13.2. The van der Waals surface area contributed by atoms with Gasteiger partial charge in [-0.25, -0.2) is 0 Å². The molecule has 2 aromatic carbocycles. The minimum Gasteiger partial charge on any atom is -0.466 e. The minimum atomic E-state index is -0.158. The summed E-state index contributed by atoms with van der Waals surface area (Å²) in [5, 5.41) is 1.14. The van der Waals surface area contributed by atoms with Crippen molar-refractivity contribution in [2.24, 2.45) is 5.92 Å². The molecule has 1 atom stereocenters. The van der Waals surface area contributed by atoms with Crippen LogP contribution in [0.25, 0.3) is 27.8 Å². The van der Waals surface area contributed by atoms with Crippen LogP contribution in [0.5, 0.6) is 0 Å². The van der Waals surface area contributed by atoms with Gasteiger partial charge in [-0.1, -0.05) is 57.5 Å². The van der Waals surface area contributed by atoms with Crippen molar-refractivity contribution in [3.63, 3.8) is 0 Å². The molecule has 4 heteroatoms. The molecular formula is C32H38N2O2. The van der Waals surface area contributed by atoms with E-state index < -0.39 is 0 Å². The van der Waals surface area contributed by atoms with Gasteiger partial charge >= 0.3 is 5.97 Å². The van der Waals surface area contributed by atoms with Crippen LogP contribution >= 0.6 is 0 Å². The van der Waals surface area contributed by atoms with E-state index in [2.05, 4.69) is 93.9 Å². The number of esters is 1. The molecule has 2 heterocycles. The molecule has 0 radical (unpaired) electrons. The monoisotopic (exact) mass is 482 g/mol. The van der Waals surface area contributed by atoms with Crippen molar-refractivity contribution >= 4 is 16.9 Å². The second-order valence-electron chi connectivity index (χ2n) is 10.1. The standard InChI is InChI=1S/C32H38N2O2/c1-7-10-25(32(35)36-8-2)17-26-20-34(27-15-13-24(14-16-27)21(3)4)30-19-33-29(18-28(26)30)31-22(5)11-9-12-23(31)6/h9,11-16,18-21,25H,7-8,10,17H2,1-6H3. The van der Waals surface area contributed by atoms with Crippen LogP contribution in [-0.2, 0) is 16.0 Å². The van der Waals surface area contributed by atoms with Crippen LogP contribution in [-0.4, -0.2) is 22.1 Å². The first-order chi connectivity index (χ1) is 17.3. The summed E-state index contributed by atoms with van der Waals surface area (Å²) >= 11 is 0. The maximum atomic E-state index is 12.8. The lowest BCUT2D eigenvalue weighted by atomic mass is 9.94. The molecule has 0 aliphatic rings. The van der Waals surface area contributed by atoms with Gasteiger partial charge in [-0.05, 0) is 80.0 Å². The summed E-state index contributed by atoms with van der Waals surface area (Å²) in [6.07, 6.45) is 6.57. The lowest BCUT2D eigenvalue weighted by molar-refractivity contribution is -0.148. The lowest BCUT2D eigenvalue weighted by Gasteiger charge is -2.14. The molecule has 4 rings (SSSR count). The Kier molecular flexibility index (Phi) is 7.93. The topological polar surface area (TPSA) is 44.1 Å². The number of carbonyl (C=O) groups is 1. The number of pyridine rings is 1. The van der Waals surface area contributed by atoms with E-state index in [1.54, 1.807) is 0 Å². The van der Waals surface area contributed by atoms with E-state index in [0.717, 1.165) is 40.7 Å². The third-order valence-corrected chi connectivity index (χ3v) is 7.07. The van der Waals surface area contributed by atoms with Gasteiger partial charge in [-0.3, -0.25) is 9.78 Å². The van der Waals surface area contributed by atoms with E-state index in [-0.39, 0.29) is 11.9 Å². The fourth-order valence-corrected chi connectivity index (χ4v) is 5.12. The average Bonchev–Trinajstić information content (AvgIpc) is 3.21. The summed E-state index contributed by atoms with van der Waals surface area (Å²) in [6, 6.07) is 17.3. The predicted molar refractivity (Wildman–Crippen MR) is 149 cm³/mol. The van der Waals surface area contributed by atoms with Gasteiger partial charge in [0, 0.05) is 22.8 Å². The van der Waals surface area contributed by atoms with Gasteiger partial charge < -0.3 is 9.30 Å². The number of ether oxygens (including phenoxy) is 1. The lowest BCUT2D eigenvalue weighted by Crippen LogP contribution is -2.20. The van der Waals surface area contributed by atoms with Crippen LogP contribution in [0.4, 0.5) is 0 Å². The molecule has 0 amide bonds. The van der Waals surface area contributed by atoms with Gasteiger partial charge in [0.05, 0.1) is 29.9 Å². The second kappa shape index (κ2) is 11.1. The van der Waals surface area contributed by atoms with Crippen molar-refractivity contribution in [3.8, 4) is 16.9 Å². The Balaban J connectivity index is 1.87. The quantitative estimate of drug-likeness (QED) is 0.227. The highest BCUT2D eigenvalue weighted by molar-refractivity contribution is 5.89. The molecule has 4 aromatic rings. The zero-order valence-electron chi connectivity index (χ0n) is 22.5. The largest absolute Gasteiger partial charge is 0.466 e. The van der Waals surface area contributed by atoms with Gasteiger partial charge in [0.15, 0.2) is 0 Å². The van der Waals surface area contributed by atoms with Crippen LogP contribution in [0.1, 0.15) is 68.7 Å². The number of hydrogen-bond donors (Lipinski definition) is 0. The molecule has 0 aliphatic heterocycles. The average molecular weight is 483 g/mol. The summed E-state index contributed by atoms with van der Waals surface area (Å²) in [4.78, 5) is 17.7. The van der Waals surface area contributed by atoms with Gasteiger partial charge in [-0.2, -0.15) is 0 Å². The Morgan fingerprint density at radius 3 is 2.33 bits per heavy atom. The van der Waals surface area contributed by atoms with E-state index in [0.29, 0.717) is 18.9 Å². The fraction of sp³-hybridized carbons (Fsp3) is 0.375. The van der Waals surface area contributed by atoms with Crippen molar-refractivity contribution < 1.29 is 9.53 Å². The van der Waals surface area contributed by atoms with Gasteiger partial charge in [0.2, 0.25) is 0 Å². The van der Waals surface area contributed by atoms with Crippen molar-refractivity contribution in [1.29, 1.82) is 0 Å². The highest BCUT2D eigenvalue weighted by atomic mass is 16.5. The molecule has 0 spiro atoms. The van der Waals surface area contributed by atoms with Crippen LogP contribution in [0.2, 0.25) is 0 Å². The van der Waals surface area contributed by atoms with Crippen LogP contribution in [0.15, 0.2) is 60.9 Å². The summed E-state index contributed by atoms with van der Waals surface area (Å²) < 4.78 is 7.65. The summed E-state index contributed by atoms with van der Waals surface area (Å²) in [5.74, 6) is 0.219. The Morgan fingerprint density at radius 2 is 1.72 bits per heavy atom. The van der Waals surface area contributed by atoms with Gasteiger partial charge in [0.1, 0.15) is 0 Å². The number of aromatic nitrogens is 2. The predicted octanol–water partition coefficient (Wildman–Crippen LogP) is 7.95. The van der Waals surface area contributed by atoms with E-state index in [4.69, 9.17) is 9.72 Å². The first-order valence-corrected chi connectivity index (χ1v) is 13.2. The Labute approximate surface area is 215 Å². The molecule has 0 N–H and O–H groups in total. The van der Waals surface area contributed by atoms with E-state index in [1.807, 2.05) is 13.1 Å². The molecule has 0 aliphatic carbocycles. The Bertz CT molecular complexity index is 1330. The fourth-order valence-electron chi connectivity index (χ4n) is 5.12. The highest BCUT2D eigenvalue weighted by Gasteiger charge is 2.23. The molecule has 2 aromatic heterocycles. The number of benzene rings is 2. The number of nitrogens with zero attached hydrogens (tertiary/aromatic N) is 2. The number of fused-ring (bicyclic) bond motifs is 1. The van der Waals surface area contributed by atoms with Crippen molar-refractivity contribution in [1.82, 2.24) is 9.55 Å². The van der Waals surface area contributed by atoms with Crippen molar-refractivity contribution in [2.45, 2.75) is 66.7 Å². The molecule has 4 nitrogen and oxygen atoms in total. The third-order valence-electron chi connectivity index (χ3n) is 7.07. The third kappa shape index (κ3) is 5.23. The first kappa shape index (κ1) is 25.7. The molecule has 188 valence electrons. The number of carbonyl (C=O) groups excluding carboxylic acids is 1. The zero-order valence-corrected chi connectivity index (χ0v) is 22.5. The zero-order chi connectivity index (χ0) is 25.8. The molecule has 1 unspecified atom stereocenters. The smallest absolute Gasteiger partial charge is 0.309 e. The van der Waals surface area contributed by atoms with E-state index in [9.17, 15) is 4.79 Å². The Morgan fingerprint density at radius 1 is 1.03 bits per heavy atom. The van der Waals surface area contributed by atoms with Gasteiger partial charge in [0.25, 0.3) is 0 Å². The normalized spacial score (nSPS) is 12.3. The molecule has 0 saturated heterocycles. The van der Waals surface area contributed by atoms with Crippen LogP contribution < -0.4 is 0 Å². The number of hydrogen-bond acceptors (Lipinski definition) is 3. The Hall–Kier alpha value is -3.40. The van der Waals surface area contributed by atoms with E-state index in [1.165, 1.54) is 22.3 Å². The van der Waals surface area contributed by atoms with Crippen molar-refractivity contribution in [2.75, 3.05) is 6.61 Å². The summed E-state index contributed by atoms with van der Waals surface area (Å²) in [7, 11) is 0. The number of aryl methyl sites for hydroxylation is 2. The number of rotatable bonds is 9. The SMILES string of the molecule is CCCC(Cc1cn(-c2ccc(C(C)C)cc2)c2cnc(-c3c(C)cccc3C)cc12)C(=O)OCC. The molecule has 36 heavy (non-hydrogen) atoms. The van der Waals surface area contributed by atoms with E-state index >= 15 is 0 Å². The molecule has 0 bridgehead atoms. The summed E-state index contributed by atoms with van der Waals surface area (Å²) in [6.45, 7) is 13.1. The minimum absolute atomic E-state index is 0.106. The highest BCUT2D eigenvalue weighted by Crippen LogP contribution is 2.33. The molecule has 0 saturated carbocycles.